The molecule has 2 saturated heterocycles. The van der Waals surface area contributed by atoms with E-state index in [0.29, 0.717) is 28.6 Å². The minimum atomic E-state index is -1.80. The number of thioether (sulfide) groups is 1. The van der Waals surface area contributed by atoms with Gasteiger partial charge in [0, 0.05) is 52.1 Å². The van der Waals surface area contributed by atoms with E-state index in [9.17, 15) is 24.6 Å². The van der Waals surface area contributed by atoms with Crippen LogP contribution in [-0.4, -0.2) is 121 Å². The summed E-state index contributed by atoms with van der Waals surface area (Å²) in [6.45, 7) is 7.12. The van der Waals surface area contributed by atoms with Crippen molar-refractivity contribution in [2.24, 2.45) is 5.92 Å². The van der Waals surface area contributed by atoms with Crippen LogP contribution >= 0.6 is 23.4 Å². The monoisotopic (exact) mass is 753 g/mol. The summed E-state index contributed by atoms with van der Waals surface area (Å²) in [4.78, 5) is 42.2. The Labute approximate surface area is 309 Å². The highest BCUT2D eigenvalue weighted by Gasteiger charge is 2.64. The first-order chi connectivity index (χ1) is 24.0. The van der Waals surface area contributed by atoms with Crippen LogP contribution < -0.4 is 15.0 Å². The molecule has 2 amide bonds. The van der Waals surface area contributed by atoms with Crippen LogP contribution in [0.3, 0.4) is 0 Å². The van der Waals surface area contributed by atoms with Crippen LogP contribution in [0.25, 0.3) is 0 Å². The summed E-state index contributed by atoms with van der Waals surface area (Å²) in [5.74, 6) is -0.331. The molecule has 9 atom stereocenters. The van der Waals surface area contributed by atoms with E-state index < -0.39 is 66.0 Å². The van der Waals surface area contributed by atoms with Crippen molar-refractivity contribution in [3.05, 3.63) is 46.5 Å². The Morgan fingerprint density at radius 1 is 1.29 bits per heavy atom. The Bertz CT molecular complexity index is 1510. The van der Waals surface area contributed by atoms with E-state index in [1.165, 1.54) is 30.9 Å². The number of fused-ring (bicyclic) bond motifs is 5. The van der Waals surface area contributed by atoms with Gasteiger partial charge in [-0.15, -0.1) is 0 Å². The van der Waals surface area contributed by atoms with Crippen LogP contribution in [0.4, 0.5) is 10.5 Å². The second-order valence-corrected chi connectivity index (χ2v) is 15.2. The molecule has 3 heterocycles. The number of aliphatic hydroxyl groups excluding tert-OH is 1. The molecule has 3 aliphatic heterocycles. The molecular weight excluding hydrogens is 702 g/mol. The maximum Gasteiger partial charge on any atom is 0.409 e. The smallest absolute Gasteiger partial charge is 0.409 e. The Hall–Kier alpha value is -3.01. The SMILES string of the molecule is COc1cc2cc(c1Cl)N(C)C(O)C[C@H](OC(=O)[C@H](C)N(C)C(=O)CCSC)[C@]1(C)O[C@H]1[C@H](C)[C@@H]1C[C@@](O)(NC(=O)O1)[C@H](OC)/C=C/C=C(\C)C2. The van der Waals surface area contributed by atoms with Gasteiger partial charge in [0.05, 0.1) is 18.9 Å². The van der Waals surface area contributed by atoms with Gasteiger partial charge >= 0.3 is 12.1 Å². The van der Waals surface area contributed by atoms with Crippen molar-refractivity contribution in [1.82, 2.24) is 10.2 Å². The number of epoxide rings is 1. The number of ether oxygens (including phenoxy) is 5. The van der Waals surface area contributed by atoms with Gasteiger partial charge in [0.2, 0.25) is 5.91 Å². The van der Waals surface area contributed by atoms with E-state index in [4.69, 9.17) is 35.3 Å². The van der Waals surface area contributed by atoms with Crippen LogP contribution in [-0.2, 0) is 35.0 Å². The third-order valence-corrected chi connectivity index (χ3v) is 11.2. The van der Waals surface area contributed by atoms with E-state index in [1.807, 2.05) is 38.3 Å². The largest absolute Gasteiger partial charge is 0.495 e. The molecule has 15 heteroatoms. The molecule has 0 radical (unpaired) electrons. The quantitative estimate of drug-likeness (QED) is 0.259. The zero-order valence-corrected chi connectivity index (χ0v) is 32.4. The van der Waals surface area contributed by atoms with Crippen molar-refractivity contribution in [3.63, 3.8) is 0 Å². The molecule has 13 nitrogen and oxygen atoms in total. The van der Waals surface area contributed by atoms with E-state index in [2.05, 4.69) is 5.32 Å². The van der Waals surface area contributed by atoms with Crippen molar-refractivity contribution in [2.45, 2.75) is 101 Å². The lowest BCUT2D eigenvalue weighted by molar-refractivity contribution is -0.162. The molecule has 4 rings (SSSR count). The normalized spacial score (nSPS) is 33.4. The van der Waals surface area contributed by atoms with Crippen LogP contribution in [0.1, 0.15) is 52.5 Å². The highest BCUT2D eigenvalue weighted by molar-refractivity contribution is 7.98. The number of alkyl carbamates (subject to hydrolysis) is 1. The first kappa shape index (κ1) is 40.8. The van der Waals surface area contributed by atoms with Crippen molar-refractivity contribution >= 4 is 47.0 Å². The summed E-state index contributed by atoms with van der Waals surface area (Å²) < 4.78 is 29.3. The lowest BCUT2D eigenvalue weighted by Crippen LogP contribution is -2.63. The van der Waals surface area contributed by atoms with Crippen molar-refractivity contribution in [1.29, 1.82) is 0 Å². The summed E-state index contributed by atoms with van der Waals surface area (Å²) in [5.41, 5.74) is -0.639. The summed E-state index contributed by atoms with van der Waals surface area (Å²) in [7, 11) is 6.19. The summed E-state index contributed by atoms with van der Waals surface area (Å²) in [5, 5.41) is 26.3. The number of amides is 2. The molecular formula is C36H52ClN3O10S. The number of aliphatic hydroxyl groups is 2. The van der Waals surface area contributed by atoms with Gasteiger partial charge in [-0.2, -0.15) is 11.8 Å². The molecule has 3 aliphatic rings. The molecule has 0 aromatic heterocycles. The number of carbonyl (C=O) groups is 3. The van der Waals surface area contributed by atoms with Gasteiger partial charge in [-0.05, 0) is 51.1 Å². The minimum absolute atomic E-state index is 0.0265. The van der Waals surface area contributed by atoms with E-state index in [1.54, 1.807) is 45.0 Å². The molecule has 0 spiro atoms. The third-order valence-electron chi connectivity index (χ3n) is 10.2. The predicted molar refractivity (Wildman–Crippen MR) is 195 cm³/mol. The number of anilines is 1. The Balaban J connectivity index is 1.76. The average Bonchev–Trinajstić information content (AvgIpc) is 3.79. The summed E-state index contributed by atoms with van der Waals surface area (Å²) >= 11 is 8.32. The molecule has 1 unspecified atom stereocenters. The number of benzene rings is 1. The fourth-order valence-electron chi connectivity index (χ4n) is 6.71. The lowest BCUT2D eigenvalue weighted by atomic mass is 9.83. The molecule has 0 aliphatic carbocycles. The Morgan fingerprint density at radius 2 is 2.00 bits per heavy atom. The van der Waals surface area contributed by atoms with Gasteiger partial charge < -0.3 is 43.7 Å². The fraction of sp³-hybridized carbons (Fsp3) is 0.639. The number of nitrogens with one attached hydrogen (secondary N) is 1. The maximum absolute atomic E-state index is 13.7. The topological polar surface area (TPSA) is 160 Å². The lowest BCUT2D eigenvalue weighted by Gasteiger charge is -2.42. The fourth-order valence-corrected chi connectivity index (χ4v) is 7.41. The average molecular weight is 754 g/mol. The number of hydrogen-bond donors (Lipinski definition) is 3. The first-order valence-corrected chi connectivity index (χ1v) is 18.7. The second-order valence-electron chi connectivity index (χ2n) is 13.8. The van der Waals surface area contributed by atoms with E-state index in [-0.39, 0.29) is 25.2 Å². The highest BCUT2D eigenvalue weighted by atomic mass is 35.5. The van der Waals surface area contributed by atoms with Crippen molar-refractivity contribution in [2.75, 3.05) is 45.2 Å². The van der Waals surface area contributed by atoms with Gasteiger partial charge in [-0.1, -0.05) is 42.3 Å². The number of allylic oxidation sites excluding steroid dienone is 3. The number of nitrogens with zero attached hydrogens (tertiary/aromatic N) is 2. The first-order valence-electron chi connectivity index (χ1n) is 17.0. The molecule has 2 fully saturated rings. The highest BCUT2D eigenvalue weighted by Crippen LogP contribution is 2.49. The minimum Gasteiger partial charge on any atom is -0.495 e. The Kier molecular flexibility index (Phi) is 13.4. The molecule has 284 valence electrons. The zero-order chi connectivity index (χ0) is 37.8. The number of likely N-dealkylation sites (N-methyl/N-ethyl adjacent to an activating group) is 1. The Morgan fingerprint density at radius 3 is 2.65 bits per heavy atom. The molecule has 51 heavy (non-hydrogen) atoms. The molecule has 3 N–H and O–H groups in total. The van der Waals surface area contributed by atoms with Gasteiger partial charge in [-0.25, -0.2) is 9.59 Å². The number of carbonyl (C=O) groups excluding carboxylic acids is 3. The summed E-state index contributed by atoms with van der Waals surface area (Å²) in [6, 6.07) is 2.76. The van der Waals surface area contributed by atoms with Gasteiger partial charge in [0.15, 0.2) is 5.72 Å². The number of methoxy groups -OCH3 is 2. The van der Waals surface area contributed by atoms with Gasteiger partial charge in [0.1, 0.15) is 47.0 Å². The van der Waals surface area contributed by atoms with E-state index >= 15 is 0 Å². The van der Waals surface area contributed by atoms with Crippen LogP contribution in [0.5, 0.6) is 5.75 Å². The predicted octanol–water partition coefficient (Wildman–Crippen LogP) is 4.06. The number of hydrogen-bond acceptors (Lipinski definition) is 12. The zero-order valence-electron chi connectivity index (χ0n) is 30.8. The maximum atomic E-state index is 13.7. The summed E-state index contributed by atoms with van der Waals surface area (Å²) in [6.07, 6.45) is 2.43. The van der Waals surface area contributed by atoms with Crippen LogP contribution in [0.15, 0.2) is 35.9 Å². The number of esters is 1. The molecule has 0 saturated carbocycles. The molecule has 1 aromatic carbocycles. The van der Waals surface area contributed by atoms with Crippen LogP contribution in [0, 0.1) is 5.92 Å². The van der Waals surface area contributed by atoms with Crippen molar-refractivity contribution < 1.29 is 48.3 Å². The standard InChI is InChI=1S/C36H52ClN3O10S/c1-20-11-10-12-27(47-8)36(45)19-26(48-34(44)38-36)21(2)32-35(4,50-32)28(49-33(43)22(3)39(5)29(41)13-14-51-9)18-30(42)40(6)24-16-23(15-20)17-25(46-7)31(24)37/h10-12,16-17,21-22,26-28,30,32,42,45H,13-15,18-19H2,1-9H3,(H,38,44)/b12-10+,20-11+/t21-,22+,26+,27-,28+,30?,32+,35+,36+/m1/s1. The number of halogens is 1. The molecule has 4 bridgehead atoms. The van der Waals surface area contributed by atoms with Crippen molar-refractivity contribution in [3.8, 4) is 5.75 Å². The second kappa shape index (κ2) is 16.8. The number of rotatable bonds is 8. The van der Waals surface area contributed by atoms with E-state index in [0.717, 1.165) is 11.1 Å². The third kappa shape index (κ3) is 9.14. The van der Waals surface area contributed by atoms with Crippen LogP contribution in [0.2, 0.25) is 5.02 Å². The molecule has 1 aromatic rings. The van der Waals surface area contributed by atoms with Gasteiger partial charge in [-0.3, -0.25) is 10.1 Å². The van der Waals surface area contributed by atoms with Gasteiger partial charge in [0.25, 0.3) is 0 Å².